The SMILES string of the molecule is COc1cc(OC)c(S(=O)(=O)N(C)CCC(=O)O)cc1Cl. The first-order valence-electron chi connectivity index (χ1n) is 5.83. The van der Waals surface area contributed by atoms with Crippen molar-refractivity contribution in [3.8, 4) is 11.5 Å². The van der Waals surface area contributed by atoms with E-state index in [4.69, 9.17) is 26.2 Å². The van der Waals surface area contributed by atoms with Crippen LogP contribution in [-0.2, 0) is 14.8 Å². The van der Waals surface area contributed by atoms with Crippen LogP contribution in [0.5, 0.6) is 11.5 Å². The molecule has 9 heteroatoms. The maximum atomic E-state index is 12.4. The highest BCUT2D eigenvalue weighted by molar-refractivity contribution is 7.89. The molecule has 0 amide bonds. The van der Waals surface area contributed by atoms with Crippen molar-refractivity contribution in [3.63, 3.8) is 0 Å². The summed E-state index contributed by atoms with van der Waals surface area (Å²) in [6.45, 7) is -0.162. The minimum absolute atomic E-state index is 0.0680. The molecule has 118 valence electrons. The Bertz CT molecular complexity index is 631. The highest BCUT2D eigenvalue weighted by Crippen LogP contribution is 2.36. The molecule has 0 bridgehead atoms. The number of hydrogen-bond acceptors (Lipinski definition) is 5. The van der Waals surface area contributed by atoms with Gasteiger partial charge in [-0.05, 0) is 6.07 Å². The van der Waals surface area contributed by atoms with Gasteiger partial charge < -0.3 is 14.6 Å². The third-order valence-electron chi connectivity index (χ3n) is 2.77. The van der Waals surface area contributed by atoms with Crippen LogP contribution in [0.2, 0.25) is 5.02 Å². The summed E-state index contributed by atoms with van der Waals surface area (Å²) in [6.07, 6.45) is -0.304. The molecular weight excluding hydrogens is 322 g/mol. The fraction of sp³-hybridized carbons (Fsp3) is 0.417. The van der Waals surface area contributed by atoms with E-state index in [1.165, 1.54) is 33.4 Å². The van der Waals surface area contributed by atoms with E-state index in [1.54, 1.807) is 0 Å². The molecule has 21 heavy (non-hydrogen) atoms. The summed E-state index contributed by atoms with van der Waals surface area (Å²) in [7, 11) is 0.0827. The lowest BCUT2D eigenvalue weighted by Crippen LogP contribution is -2.29. The van der Waals surface area contributed by atoms with Gasteiger partial charge in [-0.3, -0.25) is 4.79 Å². The number of benzene rings is 1. The van der Waals surface area contributed by atoms with Gasteiger partial charge in [0.2, 0.25) is 10.0 Å². The molecule has 0 aliphatic carbocycles. The van der Waals surface area contributed by atoms with Crippen LogP contribution in [0.1, 0.15) is 6.42 Å². The lowest BCUT2D eigenvalue weighted by Gasteiger charge is -2.19. The second kappa shape index (κ2) is 6.97. The number of hydrogen-bond donors (Lipinski definition) is 1. The average molecular weight is 338 g/mol. The molecule has 0 spiro atoms. The van der Waals surface area contributed by atoms with E-state index in [0.717, 1.165) is 4.31 Å². The quantitative estimate of drug-likeness (QED) is 0.809. The van der Waals surface area contributed by atoms with Crippen LogP contribution in [0.3, 0.4) is 0 Å². The third kappa shape index (κ3) is 3.99. The van der Waals surface area contributed by atoms with E-state index in [0.29, 0.717) is 0 Å². The Morgan fingerprint density at radius 3 is 2.33 bits per heavy atom. The van der Waals surface area contributed by atoms with E-state index < -0.39 is 16.0 Å². The zero-order valence-corrected chi connectivity index (χ0v) is 13.4. The molecule has 0 aromatic heterocycles. The highest BCUT2D eigenvalue weighted by atomic mass is 35.5. The Morgan fingerprint density at radius 2 is 1.86 bits per heavy atom. The number of halogens is 1. The van der Waals surface area contributed by atoms with Crippen molar-refractivity contribution in [1.82, 2.24) is 4.31 Å². The van der Waals surface area contributed by atoms with Gasteiger partial charge in [0.1, 0.15) is 16.4 Å². The summed E-state index contributed by atoms with van der Waals surface area (Å²) >= 11 is 5.94. The average Bonchev–Trinajstić information content (AvgIpc) is 2.44. The summed E-state index contributed by atoms with van der Waals surface area (Å²) in [5.41, 5.74) is 0. The lowest BCUT2D eigenvalue weighted by molar-refractivity contribution is -0.137. The van der Waals surface area contributed by atoms with Crippen LogP contribution in [0.4, 0.5) is 0 Å². The predicted molar refractivity (Wildman–Crippen MR) is 76.6 cm³/mol. The molecule has 1 aromatic rings. The van der Waals surface area contributed by atoms with E-state index >= 15 is 0 Å². The summed E-state index contributed by atoms with van der Waals surface area (Å²) in [4.78, 5) is 10.4. The number of carboxylic acids is 1. The molecule has 0 heterocycles. The van der Waals surface area contributed by atoms with E-state index in [9.17, 15) is 13.2 Å². The predicted octanol–water partition coefficient (Wildman–Crippen LogP) is 1.45. The molecule has 0 aliphatic rings. The van der Waals surface area contributed by atoms with E-state index in [2.05, 4.69) is 0 Å². The van der Waals surface area contributed by atoms with Crippen LogP contribution in [0.25, 0.3) is 0 Å². The number of ether oxygens (including phenoxy) is 2. The molecule has 0 saturated heterocycles. The number of nitrogens with zero attached hydrogens (tertiary/aromatic N) is 1. The van der Waals surface area contributed by atoms with Gasteiger partial charge in [-0.2, -0.15) is 0 Å². The molecule has 0 unspecified atom stereocenters. The van der Waals surface area contributed by atoms with Gasteiger partial charge >= 0.3 is 5.97 Å². The third-order valence-corrected chi connectivity index (χ3v) is 4.94. The summed E-state index contributed by atoms with van der Waals surface area (Å²) in [5, 5.41) is 8.74. The van der Waals surface area contributed by atoms with Crippen LogP contribution in [0.15, 0.2) is 17.0 Å². The Balaban J connectivity index is 3.24. The van der Waals surface area contributed by atoms with Gasteiger partial charge in [0.05, 0.1) is 25.7 Å². The van der Waals surface area contributed by atoms with Crippen molar-refractivity contribution >= 4 is 27.6 Å². The normalized spacial score (nSPS) is 11.5. The van der Waals surface area contributed by atoms with Crippen molar-refractivity contribution in [2.75, 3.05) is 27.8 Å². The first kappa shape index (κ1) is 17.5. The maximum absolute atomic E-state index is 12.4. The smallest absolute Gasteiger partial charge is 0.304 e. The maximum Gasteiger partial charge on any atom is 0.304 e. The largest absolute Gasteiger partial charge is 0.495 e. The second-order valence-corrected chi connectivity index (χ2v) is 6.53. The fourth-order valence-corrected chi connectivity index (χ4v) is 3.21. The van der Waals surface area contributed by atoms with Crippen molar-refractivity contribution in [2.24, 2.45) is 0 Å². The molecule has 1 N–H and O–H groups in total. The molecule has 0 atom stereocenters. The van der Waals surface area contributed by atoms with Crippen molar-refractivity contribution < 1.29 is 27.8 Å². The first-order valence-corrected chi connectivity index (χ1v) is 7.65. The molecule has 0 fully saturated rings. The van der Waals surface area contributed by atoms with E-state index in [1.807, 2.05) is 0 Å². The van der Waals surface area contributed by atoms with Crippen molar-refractivity contribution in [1.29, 1.82) is 0 Å². The van der Waals surface area contributed by atoms with Gasteiger partial charge in [0.15, 0.2) is 0 Å². The monoisotopic (exact) mass is 337 g/mol. The van der Waals surface area contributed by atoms with Crippen LogP contribution < -0.4 is 9.47 Å². The topological polar surface area (TPSA) is 93.1 Å². The molecule has 0 saturated carbocycles. The number of sulfonamides is 1. The molecule has 7 nitrogen and oxygen atoms in total. The number of carboxylic acid groups (broad SMARTS) is 1. The van der Waals surface area contributed by atoms with Crippen molar-refractivity contribution in [3.05, 3.63) is 17.2 Å². The molecule has 0 radical (unpaired) electrons. The van der Waals surface area contributed by atoms with Gasteiger partial charge in [-0.15, -0.1) is 0 Å². The lowest BCUT2D eigenvalue weighted by atomic mass is 10.3. The van der Waals surface area contributed by atoms with Crippen LogP contribution in [-0.4, -0.2) is 51.6 Å². The van der Waals surface area contributed by atoms with Crippen LogP contribution in [0, 0.1) is 0 Å². The van der Waals surface area contributed by atoms with Gasteiger partial charge in [-0.1, -0.05) is 11.6 Å². The number of carbonyl (C=O) groups is 1. The summed E-state index contributed by atoms with van der Waals surface area (Å²) < 4.78 is 35.8. The van der Waals surface area contributed by atoms with Crippen molar-refractivity contribution in [2.45, 2.75) is 11.3 Å². The first-order chi connectivity index (χ1) is 9.73. The highest BCUT2D eigenvalue weighted by Gasteiger charge is 2.26. The minimum atomic E-state index is -3.92. The minimum Gasteiger partial charge on any atom is -0.495 e. The van der Waals surface area contributed by atoms with Gasteiger partial charge in [0, 0.05) is 19.7 Å². The van der Waals surface area contributed by atoms with Gasteiger partial charge in [0.25, 0.3) is 0 Å². The fourth-order valence-electron chi connectivity index (χ4n) is 1.58. The molecule has 1 aromatic carbocycles. The second-order valence-electron chi connectivity index (χ2n) is 4.11. The zero-order chi connectivity index (χ0) is 16.2. The van der Waals surface area contributed by atoms with E-state index in [-0.39, 0.29) is 34.4 Å². The Morgan fingerprint density at radius 1 is 1.29 bits per heavy atom. The standard InChI is InChI=1S/C12H16ClNO6S/c1-14(5-4-12(15)16)21(17,18)11-6-8(13)9(19-2)7-10(11)20-3/h6-7H,4-5H2,1-3H3,(H,15,16). The molecule has 0 aliphatic heterocycles. The zero-order valence-electron chi connectivity index (χ0n) is 11.8. The Hall–Kier alpha value is -1.51. The number of aliphatic carboxylic acids is 1. The summed E-state index contributed by atoms with van der Waals surface area (Å²) in [6, 6.07) is 2.58. The van der Waals surface area contributed by atoms with Crippen LogP contribution >= 0.6 is 11.6 Å². The number of methoxy groups -OCH3 is 2. The Kier molecular flexibility index (Phi) is 5.82. The van der Waals surface area contributed by atoms with Gasteiger partial charge in [-0.25, -0.2) is 12.7 Å². The molecular formula is C12H16ClNO6S. The Labute approximate surface area is 128 Å². The summed E-state index contributed by atoms with van der Waals surface area (Å²) in [5.74, 6) is -0.740. The molecule has 1 rings (SSSR count). The number of rotatable bonds is 7.